The summed E-state index contributed by atoms with van der Waals surface area (Å²) in [5.74, 6) is 1.87. The highest BCUT2D eigenvalue weighted by Gasteiger charge is 2.13. The van der Waals surface area contributed by atoms with Crippen molar-refractivity contribution < 1.29 is 23.2 Å². The molecule has 7 nitrogen and oxygen atoms in total. The van der Waals surface area contributed by atoms with E-state index in [9.17, 15) is 9.00 Å². The number of imidazole rings is 1. The molecule has 0 fully saturated rings. The van der Waals surface area contributed by atoms with E-state index in [4.69, 9.17) is 14.2 Å². The first kappa shape index (κ1) is 33.9. The van der Waals surface area contributed by atoms with E-state index in [1.165, 1.54) is 0 Å². The predicted molar refractivity (Wildman–Crippen MR) is 181 cm³/mol. The van der Waals surface area contributed by atoms with Crippen LogP contribution in [0.25, 0.3) is 17.2 Å². The van der Waals surface area contributed by atoms with Gasteiger partial charge in [0, 0.05) is 30.0 Å². The van der Waals surface area contributed by atoms with Crippen molar-refractivity contribution in [2.75, 3.05) is 26.9 Å². The van der Waals surface area contributed by atoms with E-state index in [0.29, 0.717) is 24.7 Å². The number of aryl methyl sites for hydroxylation is 2. The third kappa shape index (κ3) is 9.99. The van der Waals surface area contributed by atoms with E-state index < -0.39 is 10.8 Å². The largest absolute Gasteiger partial charge is 0.496 e. The van der Waals surface area contributed by atoms with E-state index in [-0.39, 0.29) is 12.2 Å². The minimum absolute atomic E-state index is 0.0319. The van der Waals surface area contributed by atoms with Crippen LogP contribution in [0.2, 0.25) is 0 Å². The fourth-order valence-corrected chi connectivity index (χ4v) is 6.12. The quantitative estimate of drug-likeness (QED) is 0.0834. The Morgan fingerprint density at radius 2 is 1.69 bits per heavy atom. The lowest BCUT2D eigenvalue weighted by atomic mass is 10.0. The molecule has 1 aromatic heterocycles. The Labute approximate surface area is 269 Å². The molecule has 0 N–H and O–H groups in total. The van der Waals surface area contributed by atoms with Crippen LogP contribution in [0.1, 0.15) is 55.6 Å². The molecule has 0 saturated heterocycles. The molecule has 3 aromatic carbocycles. The number of rotatable bonds is 18. The van der Waals surface area contributed by atoms with Crippen LogP contribution in [-0.4, -0.2) is 46.5 Å². The maximum Gasteiger partial charge on any atom is 0.160 e. The van der Waals surface area contributed by atoms with Crippen molar-refractivity contribution in [2.45, 2.75) is 63.6 Å². The fraction of sp³-hybridized carbons (Fsp3) is 0.351. The molecule has 0 spiro atoms. The van der Waals surface area contributed by atoms with Crippen LogP contribution in [0.4, 0.5) is 0 Å². The number of ether oxygens (including phenoxy) is 3. The molecule has 0 radical (unpaired) electrons. The number of aromatic nitrogens is 2. The molecule has 45 heavy (non-hydrogen) atoms. The molecule has 1 unspecified atom stereocenters. The lowest BCUT2D eigenvalue weighted by molar-refractivity contribution is -0.113. The van der Waals surface area contributed by atoms with Gasteiger partial charge in [-0.3, -0.25) is 9.00 Å². The summed E-state index contributed by atoms with van der Waals surface area (Å²) in [4.78, 5) is 18.0. The van der Waals surface area contributed by atoms with Gasteiger partial charge in [-0.25, -0.2) is 4.98 Å². The van der Waals surface area contributed by atoms with E-state index in [0.717, 1.165) is 76.7 Å². The summed E-state index contributed by atoms with van der Waals surface area (Å²) < 4.78 is 32.1. The Bertz CT molecular complexity index is 1580. The highest BCUT2D eigenvalue weighted by atomic mass is 32.2. The summed E-state index contributed by atoms with van der Waals surface area (Å²) in [7, 11) is 0.423. The number of unbranched alkanes of at least 4 members (excludes halogenated alkanes) is 1. The molecule has 0 amide bonds. The summed E-state index contributed by atoms with van der Waals surface area (Å²) in [6.07, 6.45) is 8.63. The number of hydrogen-bond donors (Lipinski definition) is 0. The molecule has 1 atom stereocenters. The van der Waals surface area contributed by atoms with Gasteiger partial charge in [-0.2, -0.15) is 0 Å². The van der Waals surface area contributed by atoms with Gasteiger partial charge in [0.2, 0.25) is 0 Å². The van der Waals surface area contributed by atoms with Gasteiger partial charge in [0.15, 0.2) is 5.78 Å². The zero-order valence-electron chi connectivity index (χ0n) is 26.8. The topological polar surface area (TPSA) is 79.7 Å². The van der Waals surface area contributed by atoms with Crippen molar-refractivity contribution in [3.05, 3.63) is 102 Å². The third-order valence-corrected chi connectivity index (χ3v) is 8.79. The molecule has 0 saturated carbocycles. The number of carbonyl (C=O) groups excluding carboxylic acids is 1. The van der Waals surface area contributed by atoms with Gasteiger partial charge in [0.1, 0.15) is 18.1 Å². The molecule has 4 rings (SSSR count). The van der Waals surface area contributed by atoms with Gasteiger partial charge in [-0.15, -0.1) is 0 Å². The molecule has 8 heteroatoms. The van der Waals surface area contributed by atoms with Crippen LogP contribution < -0.4 is 9.47 Å². The number of allylic oxidation sites excluding steroid dienone is 1. The first-order valence-corrected chi connectivity index (χ1v) is 16.9. The molecule has 1 heterocycles. The number of benzene rings is 3. The average Bonchev–Trinajstić information content (AvgIpc) is 3.40. The van der Waals surface area contributed by atoms with Crippen LogP contribution in [0.5, 0.6) is 11.5 Å². The number of carbonyl (C=O) groups is 1. The van der Waals surface area contributed by atoms with Crippen molar-refractivity contribution in [1.29, 1.82) is 0 Å². The minimum Gasteiger partial charge on any atom is -0.496 e. The highest BCUT2D eigenvalue weighted by molar-refractivity contribution is 7.84. The van der Waals surface area contributed by atoms with Crippen molar-refractivity contribution in [1.82, 2.24) is 9.55 Å². The van der Waals surface area contributed by atoms with Gasteiger partial charge in [-0.1, -0.05) is 50.6 Å². The smallest absolute Gasteiger partial charge is 0.160 e. The van der Waals surface area contributed by atoms with Crippen molar-refractivity contribution in [2.24, 2.45) is 0 Å². The van der Waals surface area contributed by atoms with Crippen LogP contribution in [0, 0.1) is 6.92 Å². The van der Waals surface area contributed by atoms with Gasteiger partial charge >= 0.3 is 0 Å². The Balaban J connectivity index is 1.34. The Kier molecular flexibility index (Phi) is 13.2. The Morgan fingerprint density at radius 3 is 2.40 bits per heavy atom. The second kappa shape index (κ2) is 17.5. The monoisotopic (exact) mass is 628 g/mol. The first-order chi connectivity index (χ1) is 21.9. The number of hydrogen-bond acceptors (Lipinski definition) is 6. The first-order valence-electron chi connectivity index (χ1n) is 15.6. The fourth-order valence-electron chi connectivity index (χ4n) is 4.89. The van der Waals surface area contributed by atoms with Crippen LogP contribution in [0.15, 0.2) is 84.0 Å². The van der Waals surface area contributed by atoms with Crippen molar-refractivity contribution in [3.8, 4) is 22.6 Å². The lowest BCUT2D eigenvalue weighted by Gasteiger charge is -2.10. The van der Waals surface area contributed by atoms with Crippen LogP contribution in [-0.2, 0) is 39.0 Å². The number of nitrogens with zero attached hydrogens (tertiary/aromatic N) is 2. The van der Waals surface area contributed by atoms with Crippen molar-refractivity contribution in [3.63, 3.8) is 0 Å². The number of methoxy groups -OCH3 is 1. The maximum atomic E-state index is 13.1. The molecule has 0 bridgehead atoms. The van der Waals surface area contributed by atoms with Gasteiger partial charge in [0.25, 0.3) is 0 Å². The number of ketones is 1. The highest BCUT2D eigenvalue weighted by Crippen LogP contribution is 2.29. The summed E-state index contributed by atoms with van der Waals surface area (Å²) in [5, 5.41) is 0. The van der Waals surface area contributed by atoms with Crippen LogP contribution in [0.3, 0.4) is 0 Å². The summed E-state index contributed by atoms with van der Waals surface area (Å²) in [5.41, 5.74) is 5.64. The van der Waals surface area contributed by atoms with E-state index in [1.807, 2.05) is 80.0 Å². The second-order valence-electron chi connectivity index (χ2n) is 10.9. The normalized spacial score (nSPS) is 12.0. The summed E-state index contributed by atoms with van der Waals surface area (Å²) in [6, 6.07) is 21.3. The molecule has 238 valence electrons. The van der Waals surface area contributed by atoms with E-state index in [1.54, 1.807) is 19.3 Å². The van der Waals surface area contributed by atoms with E-state index >= 15 is 0 Å². The zero-order chi connectivity index (χ0) is 32.0. The van der Waals surface area contributed by atoms with Crippen molar-refractivity contribution >= 4 is 22.7 Å². The molecular weight excluding hydrogens is 584 g/mol. The molecule has 4 aromatic rings. The van der Waals surface area contributed by atoms with Gasteiger partial charge in [-0.05, 0) is 85.0 Å². The van der Waals surface area contributed by atoms with E-state index in [2.05, 4.69) is 23.4 Å². The zero-order valence-corrected chi connectivity index (χ0v) is 27.6. The Morgan fingerprint density at radius 1 is 0.933 bits per heavy atom. The minimum atomic E-state index is -1.20. The predicted octanol–water partition coefficient (Wildman–Crippen LogP) is 7.61. The standard InChI is InChI=1S/C37H44N2O5S/c1-5-7-21-43-22-23-44-34-15-11-30(12-16-34)31-13-19-37(42-4)32(25-31)10-14-33(40)24-29-8-17-35(18-9-29)45(41)26-36-28(3)38-27-39(36)20-6-2/h8-19,25,27H,5-7,20-24,26H2,1-4H3/b14-10+. The average molecular weight is 629 g/mol. The molecular formula is C37H44N2O5S. The van der Waals surface area contributed by atoms with Gasteiger partial charge in [0.05, 0.1) is 48.0 Å². The van der Waals surface area contributed by atoms with Gasteiger partial charge < -0.3 is 18.8 Å². The molecule has 0 aliphatic carbocycles. The molecule has 0 aliphatic rings. The lowest BCUT2D eigenvalue weighted by Crippen LogP contribution is -2.07. The maximum absolute atomic E-state index is 13.1. The SMILES string of the molecule is CCCCOCCOc1ccc(-c2ccc(OC)c(/C=C/C(=O)Cc3ccc(S(=O)Cc4c(C)ncn4CCC)cc3)c2)cc1. The van der Waals surface area contributed by atoms with Crippen LogP contribution >= 0.6 is 0 Å². The Hall–Kier alpha value is -4.01. The third-order valence-electron chi connectivity index (χ3n) is 7.46. The molecule has 0 aliphatic heterocycles. The summed E-state index contributed by atoms with van der Waals surface area (Å²) in [6.45, 7) is 8.93. The summed E-state index contributed by atoms with van der Waals surface area (Å²) >= 11 is 0. The second-order valence-corrected chi connectivity index (χ2v) is 12.3.